The molecule has 0 radical (unpaired) electrons. The molecular formula is C25H30ClNO7. The monoisotopic (exact) mass is 491 g/mol. The summed E-state index contributed by atoms with van der Waals surface area (Å²) in [5, 5.41) is 9.83. The Kier molecular flexibility index (Phi) is 10.8. The lowest BCUT2D eigenvalue weighted by atomic mass is 10.0. The highest BCUT2D eigenvalue weighted by Gasteiger charge is 2.31. The van der Waals surface area contributed by atoms with Gasteiger partial charge in [-0.15, -0.1) is 10.1 Å². The number of hydrogen-bond donors (Lipinski definition) is 0. The maximum absolute atomic E-state index is 12.6. The fraction of sp³-hybridized carbons (Fsp3) is 0.440. The molecule has 0 fully saturated rings. The summed E-state index contributed by atoms with van der Waals surface area (Å²) in [6.45, 7) is 3.69. The molecule has 8 nitrogen and oxygen atoms in total. The molecule has 9 heteroatoms. The summed E-state index contributed by atoms with van der Waals surface area (Å²) in [4.78, 5) is 39.3. The smallest absolute Gasteiger partial charge is 0.349 e. The van der Waals surface area contributed by atoms with E-state index in [-0.39, 0.29) is 12.4 Å². The Hall–Kier alpha value is -3.13. The average molecular weight is 492 g/mol. The Morgan fingerprint density at radius 3 is 1.91 bits per heavy atom. The van der Waals surface area contributed by atoms with E-state index >= 15 is 0 Å². The lowest BCUT2D eigenvalue weighted by Crippen LogP contribution is -2.39. The van der Waals surface area contributed by atoms with Crippen molar-refractivity contribution >= 4 is 23.4 Å². The summed E-state index contributed by atoms with van der Waals surface area (Å²) >= 11 is 5.87. The number of rotatable bonds is 15. The molecular weight excluding hydrogens is 462 g/mol. The van der Waals surface area contributed by atoms with Crippen LogP contribution in [0, 0.1) is 10.1 Å². The number of carbonyl (C=O) groups excluding carboxylic acids is 2. The van der Waals surface area contributed by atoms with E-state index in [0.29, 0.717) is 34.9 Å². The Morgan fingerprint density at radius 2 is 1.35 bits per heavy atom. The third kappa shape index (κ3) is 9.39. The Balaban J connectivity index is 1.70. The Bertz CT molecular complexity index is 943. The fourth-order valence-electron chi connectivity index (χ4n) is 3.17. The zero-order valence-electron chi connectivity index (χ0n) is 19.5. The van der Waals surface area contributed by atoms with Gasteiger partial charge < -0.3 is 14.3 Å². The molecule has 0 aliphatic carbocycles. The van der Waals surface area contributed by atoms with Crippen LogP contribution in [0.15, 0.2) is 48.5 Å². The van der Waals surface area contributed by atoms with E-state index in [9.17, 15) is 19.7 Å². The number of ketones is 1. The van der Waals surface area contributed by atoms with Crippen molar-refractivity contribution in [2.45, 2.75) is 58.0 Å². The van der Waals surface area contributed by atoms with E-state index in [0.717, 1.165) is 32.1 Å². The molecule has 184 valence electrons. The minimum absolute atomic E-state index is 0.126. The first-order valence-electron chi connectivity index (χ1n) is 11.2. The normalized spacial score (nSPS) is 11.0. The minimum atomic E-state index is -1.18. The number of nitrogens with zero attached hydrogens (tertiary/aromatic N) is 1. The summed E-state index contributed by atoms with van der Waals surface area (Å²) < 4.78 is 11.2. The standard InChI is InChI=1S/C25H30ClNO7/c1-25(2,24(29)32-17-7-5-3-4-6-8-18-33-27(30)31)34-22-15-11-20(12-16-22)23(28)19-9-13-21(26)14-10-19/h9-16H,3-8,17-18H2,1-2H3. The summed E-state index contributed by atoms with van der Waals surface area (Å²) in [5.74, 6) is -0.145. The highest BCUT2D eigenvalue weighted by atomic mass is 35.5. The molecule has 0 aliphatic heterocycles. The molecule has 0 spiro atoms. The van der Waals surface area contributed by atoms with Crippen molar-refractivity contribution in [3.63, 3.8) is 0 Å². The summed E-state index contributed by atoms with van der Waals surface area (Å²) in [7, 11) is 0. The molecule has 0 aliphatic rings. The van der Waals surface area contributed by atoms with E-state index in [1.165, 1.54) is 0 Å². The van der Waals surface area contributed by atoms with Gasteiger partial charge in [0.25, 0.3) is 5.09 Å². The topological polar surface area (TPSA) is 105 Å². The minimum Gasteiger partial charge on any atom is -0.476 e. The number of benzene rings is 2. The number of esters is 1. The largest absolute Gasteiger partial charge is 0.476 e. The molecule has 0 amide bonds. The van der Waals surface area contributed by atoms with Crippen LogP contribution < -0.4 is 4.74 Å². The van der Waals surface area contributed by atoms with Crippen LogP contribution >= 0.6 is 11.6 Å². The van der Waals surface area contributed by atoms with Gasteiger partial charge in [-0.25, -0.2) is 4.79 Å². The zero-order chi connectivity index (χ0) is 25.0. The first kappa shape index (κ1) is 27.1. The van der Waals surface area contributed by atoms with Gasteiger partial charge in [-0.2, -0.15) is 0 Å². The highest BCUT2D eigenvalue weighted by molar-refractivity contribution is 6.30. The molecule has 0 N–H and O–H groups in total. The zero-order valence-corrected chi connectivity index (χ0v) is 20.2. The molecule has 0 saturated carbocycles. The Morgan fingerprint density at radius 1 is 0.853 bits per heavy atom. The maximum atomic E-state index is 12.6. The molecule has 2 aromatic rings. The third-order valence-corrected chi connectivity index (χ3v) is 5.31. The fourth-order valence-corrected chi connectivity index (χ4v) is 3.29. The molecule has 2 rings (SSSR count). The first-order valence-corrected chi connectivity index (χ1v) is 11.6. The molecule has 0 atom stereocenters. The van der Waals surface area contributed by atoms with Crippen LogP contribution in [0.5, 0.6) is 5.75 Å². The second-order valence-corrected chi connectivity index (χ2v) is 8.72. The van der Waals surface area contributed by atoms with Crippen LogP contribution in [0.25, 0.3) is 0 Å². The highest BCUT2D eigenvalue weighted by Crippen LogP contribution is 2.22. The molecule has 2 aromatic carbocycles. The van der Waals surface area contributed by atoms with Gasteiger partial charge in [0, 0.05) is 16.1 Å². The van der Waals surface area contributed by atoms with Crippen molar-refractivity contribution in [2.75, 3.05) is 13.2 Å². The molecule has 0 unspecified atom stereocenters. The molecule has 0 aromatic heterocycles. The van der Waals surface area contributed by atoms with E-state index in [2.05, 4.69) is 4.84 Å². The summed E-state index contributed by atoms with van der Waals surface area (Å²) in [6.07, 6.45) is 5.04. The quantitative estimate of drug-likeness (QED) is 0.102. The second kappa shape index (κ2) is 13.5. The van der Waals surface area contributed by atoms with Gasteiger partial charge in [-0.1, -0.05) is 37.3 Å². The van der Waals surface area contributed by atoms with Gasteiger partial charge in [0.15, 0.2) is 11.4 Å². The number of unbranched alkanes of at least 4 members (excludes halogenated alkanes) is 5. The van der Waals surface area contributed by atoms with Crippen molar-refractivity contribution in [1.82, 2.24) is 0 Å². The average Bonchev–Trinajstić information content (AvgIpc) is 2.80. The van der Waals surface area contributed by atoms with Crippen molar-refractivity contribution < 1.29 is 29.0 Å². The lowest BCUT2D eigenvalue weighted by Gasteiger charge is -2.24. The molecule has 0 bridgehead atoms. The lowest BCUT2D eigenvalue weighted by molar-refractivity contribution is -0.757. The number of hydrogen-bond acceptors (Lipinski definition) is 7. The first-order chi connectivity index (χ1) is 16.2. The predicted molar refractivity (Wildman–Crippen MR) is 128 cm³/mol. The SMILES string of the molecule is CC(C)(Oc1ccc(C(=O)c2ccc(Cl)cc2)cc1)C(=O)OCCCCCCCCO[N+](=O)[O-]. The van der Waals surface area contributed by atoms with Crippen molar-refractivity contribution in [3.05, 3.63) is 74.8 Å². The predicted octanol–water partition coefficient (Wildman–Crippen LogP) is 5.82. The number of ether oxygens (including phenoxy) is 2. The third-order valence-electron chi connectivity index (χ3n) is 5.06. The van der Waals surface area contributed by atoms with Crippen molar-refractivity contribution in [2.24, 2.45) is 0 Å². The maximum Gasteiger partial charge on any atom is 0.349 e. The second-order valence-electron chi connectivity index (χ2n) is 8.29. The van der Waals surface area contributed by atoms with Gasteiger partial charge >= 0.3 is 5.97 Å². The van der Waals surface area contributed by atoms with Gasteiger partial charge in [-0.05, 0) is 75.2 Å². The van der Waals surface area contributed by atoms with Gasteiger partial charge in [0.2, 0.25) is 0 Å². The van der Waals surface area contributed by atoms with Crippen LogP contribution in [0.1, 0.15) is 68.3 Å². The van der Waals surface area contributed by atoms with Crippen LogP contribution in [0.4, 0.5) is 0 Å². The molecule has 0 saturated heterocycles. The van der Waals surface area contributed by atoms with Gasteiger partial charge in [0.05, 0.1) is 13.2 Å². The summed E-state index contributed by atoms with van der Waals surface area (Å²) in [5.41, 5.74) is -0.148. The van der Waals surface area contributed by atoms with Crippen molar-refractivity contribution in [3.8, 4) is 5.75 Å². The van der Waals surface area contributed by atoms with Crippen molar-refractivity contribution in [1.29, 1.82) is 0 Å². The van der Waals surface area contributed by atoms with Gasteiger partial charge in [-0.3, -0.25) is 4.79 Å². The van der Waals surface area contributed by atoms with Crippen LogP contribution in [0.2, 0.25) is 5.02 Å². The van der Waals surface area contributed by atoms with E-state index in [4.69, 9.17) is 21.1 Å². The molecule has 34 heavy (non-hydrogen) atoms. The van der Waals surface area contributed by atoms with E-state index < -0.39 is 16.7 Å². The van der Waals surface area contributed by atoms with Crippen LogP contribution in [-0.4, -0.2) is 35.7 Å². The van der Waals surface area contributed by atoms with E-state index in [1.807, 2.05) is 0 Å². The number of carbonyl (C=O) groups is 2. The van der Waals surface area contributed by atoms with Gasteiger partial charge in [0.1, 0.15) is 5.75 Å². The summed E-state index contributed by atoms with van der Waals surface area (Å²) in [6, 6.07) is 13.3. The molecule has 0 heterocycles. The van der Waals surface area contributed by atoms with Crippen LogP contribution in [0.3, 0.4) is 0 Å². The van der Waals surface area contributed by atoms with Crippen LogP contribution in [-0.2, 0) is 14.4 Å². The number of halogens is 1. The van der Waals surface area contributed by atoms with E-state index in [1.54, 1.807) is 62.4 Å². The Labute approximate surface area is 204 Å².